The lowest BCUT2D eigenvalue weighted by atomic mass is 9.94. The van der Waals surface area contributed by atoms with Gasteiger partial charge in [-0.05, 0) is 25.0 Å². The highest BCUT2D eigenvalue weighted by atomic mass is 32.2. The molecule has 0 aliphatic heterocycles. The molecule has 1 aliphatic rings. The summed E-state index contributed by atoms with van der Waals surface area (Å²) in [4.78, 5) is 9.99. The van der Waals surface area contributed by atoms with E-state index in [-0.39, 0.29) is 6.04 Å². The van der Waals surface area contributed by atoms with E-state index in [0.29, 0.717) is 18.9 Å². The molecule has 5 nitrogen and oxygen atoms in total. The van der Waals surface area contributed by atoms with Gasteiger partial charge in [-0.25, -0.2) is 22.0 Å². The molecule has 8 heteroatoms. The van der Waals surface area contributed by atoms with Crippen molar-refractivity contribution in [2.75, 3.05) is 7.05 Å². The van der Waals surface area contributed by atoms with E-state index < -0.39 is 38.1 Å². The van der Waals surface area contributed by atoms with Crippen LogP contribution < -0.4 is 0 Å². The minimum atomic E-state index is -4.17. The monoisotopic (exact) mass is 305 g/mol. The van der Waals surface area contributed by atoms with E-state index >= 15 is 0 Å². The number of nitrogens with zero attached hydrogens (tertiary/aromatic N) is 1. The van der Waals surface area contributed by atoms with Crippen molar-refractivity contribution in [3.05, 3.63) is 29.3 Å². The summed E-state index contributed by atoms with van der Waals surface area (Å²) in [5, 5.41) is 8.75. The van der Waals surface area contributed by atoms with Gasteiger partial charge in [0, 0.05) is 13.1 Å². The molecule has 0 unspecified atom stereocenters. The molecule has 2 rings (SSSR count). The summed E-state index contributed by atoms with van der Waals surface area (Å²) >= 11 is 0. The Hall–Kier alpha value is -1.54. The zero-order valence-corrected chi connectivity index (χ0v) is 11.5. The predicted molar refractivity (Wildman–Crippen MR) is 65.9 cm³/mol. The molecule has 0 atom stereocenters. The smallest absolute Gasteiger partial charge is 0.341 e. The summed E-state index contributed by atoms with van der Waals surface area (Å²) in [7, 11) is -2.87. The number of hydrogen-bond donors (Lipinski definition) is 1. The molecule has 0 aromatic heterocycles. The normalized spacial score (nSPS) is 16.2. The van der Waals surface area contributed by atoms with Gasteiger partial charge in [-0.1, -0.05) is 6.42 Å². The summed E-state index contributed by atoms with van der Waals surface area (Å²) in [6, 6.07) is 1.17. The van der Waals surface area contributed by atoms with E-state index in [1.54, 1.807) is 0 Å². The number of halogens is 2. The standard InChI is InChI=1S/C12H13F2NO4S/c1-15(7-3-2-4-7)20(18,19)9-6-5-8(13)10(11(9)14)12(16)17/h5-7H,2-4H2,1H3,(H,16,17). The van der Waals surface area contributed by atoms with E-state index in [1.807, 2.05) is 0 Å². The average molecular weight is 305 g/mol. The highest BCUT2D eigenvalue weighted by Crippen LogP contribution is 2.30. The molecule has 1 fully saturated rings. The van der Waals surface area contributed by atoms with Crippen molar-refractivity contribution >= 4 is 16.0 Å². The second kappa shape index (κ2) is 5.10. The van der Waals surface area contributed by atoms with Crippen LogP contribution in [0.2, 0.25) is 0 Å². The number of hydrogen-bond acceptors (Lipinski definition) is 3. The fraction of sp³-hybridized carbons (Fsp3) is 0.417. The van der Waals surface area contributed by atoms with E-state index in [9.17, 15) is 22.0 Å². The summed E-state index contributed by atoms with van der Waals surface area (Å²) in [6.45, 7) is 0. The highest BCUT2D eigenvalue weighted by Gasteiger charge is 2.35. The average Bonchev–Trinajstić information content (AvgIpc) is 2.25. The minimum Gasteiger partial charge on any atom is -0.477 e. The van der Waals surface area contributed by atoms with Crippen molar-refractivity contribution in [3.8, 4) is 0 Å². The van der Waals surface area contributed by atoms with Crippen LogP contribution in [0.4, 0.5) is 8.78 Å². The first-order chi connectivity index (χ1) is 9.26. The van der Waals surface area contributed by atoms with E-state index in [1.165, 1.54) is 7.05 Å². The number of carboxylic acid groups (broad SMARTS) is 1. The fourth-order valence-electron chi connectivity index (χ4n) is 2.03. The Bertz CT molecular complexity index is 656. The van der Waals surface area contributed by atoms with Crippen molar-refractivity contribution in [2.45, 2.75) is 30.2 Å². The number of sulfonamides is 1. The molecule has 0 amide bonds. The summed E-state index contributed by atoms with van der Waals surface area (Å²) in [5.74, 6) is -4.72. The zero-order chi connectivity index (χ0) is 15.1. The van der Waals surface area contributed by atoms with Crippen LogP contribution in [0.25, 0.3) is 0 Å². The molecule has 0 saturated heterocycles. The van der Waals surface area contributed by atoms with Gasteiger partial charge in [-0.15, -0.1) is 0 Å². The van der Waals surface area contributed by atoms with Crippen molar-refractivity contribution < 1.29 is 27.1 Å². The van der Waals surface area contributed by atoms with Crippen LogP contribution in [0.5, 0.6) is 0 Å². The topological polar surface area (TPSA) is 74.7 Å². The third-order valence-electron chi connectivity index (χ3n) is 3.52. The van der Waals surface area contributed by atoms with Gasteiger partial charge in [0.2, 0.25) is 10.0 Å². The third-order valence-corrected chi connectivity index (χ3v) is 5.44. The number of aromatic carboxylic acids is 1. The van der Waals surface area contributed by atoms with Gasteiger partial charge < -0.3 is 5.11 Å². The summed E-state index contributed by atoms with van der Waals surface area (Å²) in [6.07, 6.45) is 2.23. The molecule has 0 spiro atoms. The van der Waals surface area contributed by atoms with Gasteiger partial charge in [-0.3, -0.25) is 0 Å². The summed E-state index contributed by atoms with van der Waals surface area (Å²) < 4.78 is 52.8. The SMILES string of the molecule is CN(C1CCC1)S(=O)(=O)c1ccc(F)c(C(=O)O)c1F. The zero-order valence-electron chi connectivity index (χ0n) is 10.6. The number of carboxylic acids is 1. The lowest BCUT2D eigenvalue weighted by molar-refractivity contribution is 0.0685. The molecule has 1 aromatic carbocycles. The first-order valence-electron chi connectivity index (χ1n) is 5.96. The second-order valence-corrected chi connectivity index (χ2v) is 6.61. The molecular formula is C12H13F2NO4S. The highest BCUT2D eigenvalue weighted by molar-refractivity contribution is 7.89. The maximum atomic E-state index is 14.0. The molecule has 110 valence electrons. The molecule has 0 radical (unpaired) electrons. The molecule has 20 heavy (non-hydrogen) atoms. The van der Waals surface area contributed by atoms with E-state index in [0.717, 1.165) is 16.8 Å². The Labute approximate surface area is 114 Å². The lowest BCUT2D eigenvalue weighted by Gasteiger charge is -2.33. The fourth-order valence-corrected chi connectivity index (χ4v) is 3.51. The van der Waals surface area contributed by atoms with Crippen LogP contribution in [0.15, 0.2) is 17.0 Å². The lowest BCUT2D eigenvalue weighted by Crippen LogP contribution is -2.41. The van der Waals surface area contributed by atoms with Gasteiger partial charge in [-0.2, -0.15) is 4.31 Å². The van der Waals surface area contributed by atoms with Crippen LogP contribution in [-0.2, 0) is 10.0 Å². The van der Waals surface area contributed by atoms with Crippen LogP contribution in [-0.4, -0.2) is 36.9 Å². The minimum absolute atomic E-state index is 0.224. The van der Waals surface area contributed by atoms with Gasteiger partial charge in [0.15, 0.2) is 5.82 Å². The molecular weight excluding hydrogens is 292 g/mol. The number of benzene rings is 1. The van der Waals surface area contributed by atoms with E-state index in [4.69, 9.17) is 5.11 Å². The van der Waals surface area contributed by atoms with Crippen LogP contribution in [0.3, 0.4) is 0 Å². The number of rotatable bonds is 4. The van der Waals surface area contributed by atoms with Crippen molar-refractivity contribution in [1.82, 2.24) is 4.31 Å². The van der Waals surface area contributed by atoms with Crippen molar-refractivity contribution in [3.63, 3.8) is 0 Å². The van der Waals surface area contributed by atoms with Crippen LogP contribution >= 0.6 is 0 Å². The van der Waals surface area contributed by atoms with Gasteiger partial charge in [0.1, 0.15) is 16.3 Å². The first kappa shape index (κ1) is 14.9. The Balaban J connectivity index is 2.52. The van der Waals surface area contributed by atoms with Gasteiger partial charge >= 0.3 is 5.97 Å². The molecule has 0 heterocycles. The first-order valence-corrected chi connectivity index (χ1v) is 7.40. The Kier molecular flexibility index (Phi) is 3.79. The maximum Gasteiger partial charge on any atom is 0.341 e. The van der Waals surface area contributed by atoms with Crippen LogP contribution in [0.1, 0.15) is 29.6 Å². The van der Waals surface area contributed by atoms with Crippen molar-refractivity contribution in [2.24, 2.45) is 0 Å². The molecule has 1 aromatic rings. The van der Waals surface area contributed by atoms with E-state index in [2.05, 4.69) is 0 Å². The van der Waals surface area contributed by atoms with Crippen LogP contribution in [0, 0.1) is 11.6 Å². The molecule has 0 bridgehead atoms. The largest absolute Gasteiger partial charge is 0.477 e. The molecule has 1 N–H and O–H groups in total. The van der Waals surface area contributed by atoms with Gasteiger partial charge in [0.05, 0.1) is 0 Å². The second-order valence-electron chi connectivity index (χ2n) is 4.65. The predicted octanol–water partition coefficient (Wildman–Crippen LogP) is 1.84. The Morgan fingerprint density at radius 3 is 2.40 bits per heavy atom. The third kappa shape index (κ3) is 2.29. The Morgan fingerprint density at radius 1 is 1.35 bits per heavy atom. The molecule has 1 aliphatic carbocycles. The summed E-state index contributed by atoms with van der Waals surface area (Å²) in [5.41, 5.74) is -1.26. The maximum absolute atomic E-state index is 14.0. The number of carbonyl (C=O) groups is 1. The van der Waals surface area contributed by atoms with Gasteiger partial charge in [0.25, 0.3) is 0 Å². The quantitative estimate of drug-likeness (QED) is 0.921. The van der Waals surface area contributed by atoms with Crippen molar-refractivity contribution in [1.29, 1.82) is 0 Å². The Morgan fingerprint density at radius 2 is 1.95 bits per heavy atom. The molecule has 1 saturated carbocycles.